The van der Waals surface area contributed by atoms with Crippen LogP contribution in [0.3, 0.4) is 0 Å². The van der Waals surface area contributed by atoms with Gasteiger partial charge < -0.3 is 4.57 Å². The number of hydrogen-bond donors (Lipinski definition) is 0. The molecule has 0 saturated carbocycles. The predicted octanol–water partition coefficient (Wildman–Crippen LogP) is 10.5. The Balaban J connectivity index is 1.42. The van der Waals surface area contributed by atoms with Crippen molar-refractivity contribution in [3.05, 3.63) is 157 Å². The molecule has 0 radical (unpaired) electrons. The Bertz CT molecular complexity index is 2480. The van der Waals surface area contributed by atoms with Crippen LogP contribution in [0.5, 0.6) is 0 Å². The van der Waals surface area contributed by atoms with E-state index in [1.807, 2.05) is 115 Å². The minimum absolute atomic E-state index is 0.364. The normalized spacial score (nSPS) is 11.6. The van der Waals surface area contributed by atoms with Crippen LogP contribution in [0.4, 0.5) is 13.2 Å². The van der Waals surface area contributed by atoms with Crippen molar-refractivity contribution in [3.63, 3.8) is 0 Å². The molecular formula is C41H24F3N5. The third-order valence-corrected chi connectivity index (χ3v) is 8.53. The summed E-state index contributed by atoms with van der Waals surface area (Å²) in [6.07, 6.45) is -4.46. The Morgan fingerprint density at radius 1 is 0.510 bits per heavy atom. The molecule has 8 heteroatoms. The van der Waals surface area contributed by atoms with Crippen molar-refractivity contribution in [2.24, 2.45) is 0 Å². The number of alkyl halides is 3. The Labute approximate surface area is 279 Å². The van der Waals surface area contributed by atoms with Crippen molar-refractivity contribution in [1.29, 1.82) is 5.26 Å². The first kappa shape index (κ1) is 29.8. The van der Waals surface area contributed by atoms with Crippen LogP contribution in [-0.4, -0.2) is 19.5 Å². The first-order chi connectivity index (χ1) is 23.9. The maximum Gasteiger partial charge on any atom is 0.416 e. The lowest BCUT2D eigenvalue weighted by atomic mass is 9.97. The van der Waals surface area contributed by atoms with Crippen molar-refractivity contribution in [1.82, 2.24) is 19.5 Å². The lowest BCUT2D eigenvalue weighted by Gasteiger charge is -2.16. The van der Waals surface area contributed by atoms with Gasteiger partial charge in [0, 0.05) is 33.2 Å². The zero-order valence-corrected chi connectivity index (χ0v) is 25.7. The summed E-state index contributed by atoms with van der Waals surface area (Å²) in [5.41, 5.74) is 5.77. The molecule has 6 aromatic carbocycles. The molecule has 8 rings (SSSR count). The Morgan fingerprint density at radius 3 is 1.73 bits per heavy atom. The van der Waals surface area contributed by atoms with Gasteiger partial charge in [0.1, 0.15) is 0 Å². The number of aromatic nitrogens is 4. The zero-order chi connectivity index (χ0) is 33.5. The molecule has 0 fully saturated rings. The van der Waals surface area contributed by atoms with Crippen molar-refractivity contribution in [2.45, 2.75) is 6.18 Å². The third-order valence-electron chi connectivity index (χ3n) is 8.53. The first-order valence-electron chi connectivity index (χ1n) is 15.5. The van der Waals surface area contributed by atoms with E-state index in [1.54, 1.807) is 6.07 Å². The van der Waals surface area contributed by atoms with Gasteiger partial charge in [-0.1, -0.05) is 103 Å². The van der Waals surface area contributed by atoms with E-state index in [4.69, 9.17) is 15.0 Å². The van der Waals surface area contributed by atoms with Gasteiger partial charge in [-0.05, 0) is 53.6 Å². The summed E-state index contributed by atoms with van der Waals surface area (Å²) >= 11 is 0. The fraction of sp³-hybridized carbons (Fsp3) is 0.0244. The summed E-state index contributed by atoms with van der Waals surface area (Å²) in [5.74, 6) is 1.29. The molecule has 0 atom stereocenters. The molecule has 234 valence electrons. The van der Waals surface area contributed by atoms with E-state index >= 15 is 0 Å². The van der Waals surface area contributed by atoms with Gasteiger partial charge in [-0.25, -0.2) is 15.0 Å². The second-order valence-electron chi connectivity index (χ2n) is 11.5. The molecule has 0 saturated heterocycles. The number of para-hydroxylation sites is 1. The average molecular weight is 644 g/mol. The molecule has 8 aromatic rings. The van der Waals surface area contributed by atoms with E-state index in [-0.39, 0.29) is 0 Å². The Morgan fingerprint density at radius 2 is 1.10 bits per heavy atom. The largest absolute Gasteiger partial charge is 0.416 e. The van der Waals surface area contributed by atoms with Gasteiger partial charge in [0.2, 0.25) is 0 Å². The van der Waals surface area contributed by atoms with Crippen LogP contribution in [0.15, 0.2) is 146 Å². The van der Waals surface area contributed by atoms with E-state index in [9.17, 15) is 18.4 Å². The highest BCUT2D eigenvalue weighted by molar-refractivity contribution is 6.09. The maximum absolute atomic E-state index is 13.5. The smallest absolute Gasteiger partial charge is 0.309 e. The zero-order valence-electron chi connectivity index (χ0n) is 25.7. The van der Waals surface area contributed by atoms with Crippen LogP contribution < -0.4 is 0 Å². The van der Waals surface area contributed by atoms with Gasteiger partial charge in [0.25, 0.3) is 0 Å². The van der Waals surface area contributed by atoms with Gasteiger partial charge in [-0.3, -0.25) is 0 Å². The quantitative estimate of drug-likeness (QED) is 0.187. The molecular weight excluding hydrogens is 619 g/mol. The molecule has 0 bridgehead atoms. The molecule has 49 heavy (non-hydrogen) atoms. The number of rotatable bonds is 5. The molecule has 0 N–H and O–H groups in total. The standard InChI is InChI=1S/C41H24F3N5/c42-41(43,44)30-18-16-27(17-19-30)32-22-20-31(49-36-14-8-7-13-33(36)34-21-15-26(25-45)23-37(34)49)24-35(32)40-47-38(28-9-3-1-4-10-28)46-39(48-40)29-11-5-2-6-12-29/h1-24H. The SMILES string of the molecule is N#Cc1ccc2c3ccccc3n(-c3ccc(-c4ccc(C(F)(F)F)cc4)c(-c4nc(-c5ccccc5)nc(-c5ccccc5)n4)c3)c2c1. The minimum Gasteiger partial charge on any atom is -0.309 e. The van der Waals surface area contributed by atoms with Crippen LogP contribution in [0.2, 0.25) is 0 Å². The van der Waals surface area contributed by atoms with Crippen molar-refractivity contribution < 1.29 is 13.2 Å². The highest BCUT2D eigenvalue weighted by atomic mass is 19.4. The Hall–Kier alpha value is -6.59. The van der Waals surface area contributed by atoms with Crippen molar-refractivity contribution in [2.75, 3.05) is 0 Å². The highest BCUT2D eigenvalue weighted by Gasteiger charge is 2.30. The summed E-state index contributed by atoms with van der Waals surface area (Å²) in [6.45, 7) is 0. The molecule has 0 spiro atoms. The van der Waals surface area contributed by atoms with Crippen LogP contribution in [0.25, 0.3) is 72.8 Å². The number of nitrogens with zero attached hydrogens (tertiary/aromatic N) is 5. The summed E-state index contributed by atoms with van der Waals surface area (Å²) in [6, 6.07) is 45.9. The summed E-state index contributed by atoms with van der Waals surface area (Å²) in [4.78, 5) is 14.8. The van der Waals surface area contributed by atoms with Gasteiger partial charge in [-0.15, -0.1) is 0 Å². The number of nitriles is 1. The van der Waals surface area contributed by atoms with Crippen molar-refractivity contribution in [3.8, 4) is 57.0 Å². The highest BCUT2D eigenvalue weighted by Crippen LogP contribution is 2.39. The van der Waals surface area contributed by atoms with Crippen LogP contribution in [0.1, 0.15) is 11.1 Å². The van der Waals surface area contributed by atoms with Gasteiger partial charge in [0.15, 0.2) is 17.5 Å². The van der Waals surface area contributed by atoms with Gasteiger partial charge in [-0.2, -0.15) is 18.4 Å². The summed E-state index contributed by atoms with van der Waals surface area (Å²) in [5, 5.41) is 11.8. The van der Waals surface area contributed by atoms with Gasteiger partial charge >= 0.3 is 6.18 Å². The third kappa shape index (κ3) is 5.47. The van der Waals surface area contributed by atoms with Crippen LogP contribution in [-0.2, 0) is 6.18 Å². The lowest BCUT2D eigenvalue weighted by molar-refractivity contribution is -0.137. The number of halogens is 3. The molecule has 2 heterocycles. The number of benzene rings is 6. The maximum atomic E-state index is 13.5. The minimum atomic E-state index is -4.46. The molecule has 0 aliphatic carbocycles. The summed E-state index contributed by atoms with van der Waals surface area (Å²) < 4.78 is 42.7. The van der Waals surface area contributed by atoms with Crippen LogP contribution >= 0.6 is 0 Å². The van der Waals surface area contributed by atoms with E-state index in [0.717, 1.165) is 50.8 Å². The molecule has 0 unspecified atom stereocenters. The monoisotopic (exact) mass is 643 g/mol. The number of hydrogen-bond acceptors (Lipinski definition) is 4. The summed E-state index contributed by atoms with van der Waals surface area (Å²) in [7, 11) is 0. The van der Waals surface area contributed by atoms with Crippen molar-refractivity contribution >= 4 is 21.8 Å². The molecule has 5 nitrogen and oxygen atoms in total. The topological polar surface area (TPSA) is 67.4 Å². The van der Waals surface area contributed by atoms with E-state index in [1.165, 1.54) is 12.1 Å². The Kier molecular flexibility index (Phi) is 7.23. The number of fused-ring (bicyclic) bond motifs is 3. The van der Waals surface area contributed by atoms with E-state index in [2.05, 4.69) is 10.6 Å². The lowest BCUT2D eigenvalue weighted by Crippen LogP contribution is -2.04. The molecule has 0 aliphatic rings. The second-order valence-corrected chi connectivity index (χ2v) is 11.5. The first-order valence-corrected chi connectivity index (χ1v) is 15.5. The van der Waals surface area contributed by atoms with Crippen LogP contribution in [0, 0.1) is 11.3 Å². The predicted molar refractivity (Wildman–Crippen MR) is 186 cm³/mol. The second kappa shape index (κ2) is 11.9. The van der Waals surface area contributed by atoms with Gasteiger partial charge in [0.05, 0.1) is 28.2 Å². The fourth-order valence-electron chi connectivity index (χ4n) is 6.19. The molecule has 0 amide bonds. The van der Waals surface area contributed by atoms with E-state index in [0.29, 0.717) is 39.7 Å². The average Bonchev–Trinajstić information content (AvgIpc) is 3.48. The fourth-order valence-corrected chi connectivity index (χ4v) is 6.19. The molecule has 0 aliphatic heterocycles. The molecule has 2 aromatic heterocycles. The van der Waals surface area contributed by atoms with E-state index < -0.39 is 11.7 Å².